The van der Waals surface area contributed by atoms with Crippen molar-refractivity contribution in [1.82, 2.24) is 9.97 Å². The molecule has 10 rings (SSSR count). The number of halogens is 2. The normalized spacial score (nSPS) is 12.1. The molecule has 46 heavy (non-hydrogen) atoms. The number of rotatable bonds is 4. The summed E-state index contributed by atoms with van der Waals surface area (Å²) in [6.07, 6.45) is 0. The minimum absolute atomic E-state index is 0.209. The van der Waals surface area contributed by atoms with Crippen LogP contribution in [0.25, 0.3) is 90.7 Å². The number of thiazole rings is 2. The van der Waals surface area contributed by atoms with E-state index in [4.69, 9.17) is 9.97 Å². The van der Waals surface area contributed by atoms with E-state index in [0.717, 1.165) is 80.9 Å². The topological polar surface area (TPSA) is 25.8 Å². The molecule has 0 unspecified atom stereocenters. The lowest BCUT2D eigenvalue weighted by atomic mass is 10.1. The van der Waals surface area contributed by atoms with Gasteiger partial charge in [-0.2, -0.15) is 0 Å². The highest BCUT2D eigenvalue weighted by molar-refractivity contribution is 7.30. The summed E-state index contributed by atoms with van der Waals surface area (Å²) in [6, 6.07) is 32.1. The fourth-order valence-electron chi connectivity index (χ4n) is 5.78. The Morgan fingerprint density at radius 2 is 0.848 bits per heavy atom. The third kappa shape index (κ3) is 4.40. The van der Waals surface area contributed by atoms with E-state index < -0.39 is 0 Å². The minimum Gasteiger partial charge on any atom is -0.235 e. The highest BCUT2D eigenvalue weighted by atomic mass is 32.1. The molecule has 0 fully saturated rings. The van der Waals surface area contributed by atoms with Gasteiger partial charge in [-0.15, -0.1) is 68.0 Å². The van der Waals surface area contributed by atoms with Crippen LogP contribution in [0, 0.1) is 11.6 Å². The summed E-state index contributed by atoms with van der Waals surface area (Å²) in [4.78, 5) is 14.7. The molecular weight excluding hydrogens is 691 g/mol. The van der Waals surface area contributed by atoms with E-state index in [1.165, 1.54) is 22.7 Å². The van der Waals surface area contributed by atoms with Gasteiger partial charge in [-0.1, -0.05) is 36.4 Å². The Bertz CT molecular complexity index is 2480. The number of benzene rings is 4. The first-order chi connectivity index (χ1) is 22.5. The second kappa shape index (κ2) is 10.3. The minimum atomic E-state index is -0.209. The zero-order valence-electron chi connectivity index (χ0n) is 23.3. The second-order valence-electron chi connectivity index (χ2n) is 10.9. The molecule has 10 aromatic rings. The Morgan fingerprint density at radius 3 is 1.30 bits per heavy atom. The number of thiophene rings is 4. The van der Waals surface area contributed by atoms with Gasteiger partial charge < -0.3 is 0 Å². The van der Waals surface area contributed by atoms with Crippen molar-refractivity contribution >= 4 is 119 Å². The first kappa shape index (κ1) is 27.2. The second-order valence-corrected chi connectivity index (χ2v) is 17.2. The standard InChI is InChI=1S/C36H16F2N2S6/c37-21-15-31(43-33(21)29-11-17-5-1-3-7-25(17)41-29)35-39-23-9-19-14-28-24(10-20(19)13-27(23)45-35)40-36(46-28)32-16-22(38)34(44-32)30-12-18-6-2-4-8-26(18)42-30/h1-16H. The maximum absolute atomic E-state index is 15.2. The summed E-state index contributed by atoms with van der Waals surface area (Å²) in [5.41, 5.74) is 1.78. The number of hydrogen-bond donors (Lipinski definition) is 0. The monoisotopic (exact) mass is 706 g/mol. The molecule has 0 bridgehead atoms. The molecule has 0 aliphatic heterocycles. The van der Waals surface area contributed by atoms with Gasteiger partial charge in [-0.3, -0.25) is 0 Å². The van der Waals surface area contributed by atoms with Crippen molar-refractivity contribution in [3.8, 4) is 39.3 Å². The third-order valence-electron chi connectivity index (χ3n) is 7.95. The maximum atomic E-state index is 15.2. The maximum Gasteiger partial charge on any atom is 0.143 e. The molecule has 6 heterocycles. The average Bonchev–Trinajstić information content (AvgIpc) is 3.89. The van der Waals surface area contributed by atoms with Gasteiger partial charge in [0.25, 0.3) is 0 Å². The molecule has 220 valence electrons. The van der Waals surface area contributed by atoms with E-state index in [9.17, 15) is 0 Å². The summed E-state index contributed by atoms with van der Waals surface area (Å²) in [6.45, 7) is 0. The number of aromatic nitrogens is 2. The molecule has 2 nitrogen and oxygen atoms in total. The summed E-state index contributed by atoms with van der Waals surface area (Å²) in [7, 11) is 0. The molecule has 0 aliphatic carbocycles. The van der Waals surface area contributed by atoms with Gasteiger partial charge in [0.1, 0.15) is 21.6 Å². The van der Waals surface area contributed by atoms with Crippen molar-refractivity contribution in [2.45, 2.75) is 0 Å². The lowest BCUT2D eigenvalue weighted by Crippen LogP contribution is -1.76. The van der Waals surface area contributed by atoms with Gasteiger partial charge in [0.05, 0.1) is 39.9 Å². The number of nitrogens with zero attached hydrogens (tertiary/aromatic N) is 2. The van der Waals surface area contributed by atoms with Crippen molar-refractivity contribution in [2.75, 3.05) is 0 Å². The highest BCUT2D eigenvalue weighted by Gasteiger charge is 2.20. The van der Waals surface area contributed by atoms with Crippen LogP contribution in [-0.2, 0) is 0 Å². The number of fused-ring (bicyclic) bond motifs is 5. The van der Waals surface area contributed by atoms with Gasteiger partial charge in [0.15, 0.2) is 0 Å². The summed E-state index contributed by atoms with van der Waals surface area (Å²) < 4.78 is 34.8. The van der Waals surface area contributed by atoms with Crippen LogP contribution in [0.15, 0.2) is 97.1 Å². The van der Waals surface area contributed by atoms with Crippen LogP contribution in [0.2, 0.25) is 0 Å². The quantitative estimate of drug-likeness (QED) is 0.182. The summed E-state index contributed by atoms with van der Waals surface area (Å²) in [5, 5.41) is 6.03. The Kier molecular flexibility index (Phi) is 6.10. The Hall–Kier alpha value is -3.90. The fourth-order valence-corrected chi connectivity index (χ4v) is 12.3. The summed E-state index contributed by atoms with van der Waals surface area (Å²) >= 11 is 9.29. The van der Waals surface area contributed by atoms with Crippen molar-refractivity contribution in [2.24, 2.45) is 0 Å². The zero-order valence-corrected chi connectivity index (χ0v) is 28.2. The van der Waals surface area contributed by atoms with Crippen LogP contribution >= 0.6 is 68.0 Å². The van der Waals surface area contributed by atoms with E-state index in [2.05, 4.69) is 60.7 Å². The van der Waals surface area contributed by atoms with Crippen LogP contribution in [-0.4, -0.2) is 9.97 Å². The van der Waals surface area contributed by atoms with Crippen LogP contribution in [0.4, 0.5) is 8.78 Å². The highest BCUT2D eigenvalue weighted by Crippen LogP contribution is 2.46. The Balaban J connectivity index is 0.999. The van der Waals surface area contributed by atoms with E-state index in [0.29, 0.717) is 9.75 Å². The van der Waals surface area contributed by atoms with Crippen LogP contribution in [0.5, 0.6) is 0 Å². The molecule has 6 aromatic heterocycles. The van der Waals surface area contributed by atoms with Crippen molar-refractivity contribution in [3.63, 3.8) is 0 Å². The lowest BCUT2D eigenvalue weighted by molar-refractivity contribution is 0.636. The third-order valence-corrected chi connectivity index (χ3v) is 15.1. The fraction of sp³-hybridized carbons (Fsp3) is 0. The van der Waals surface area contributed by atoms with E-state index in [-0.39, 0.29) is 11.6 Å². The van der Waals surface area contributed by atoms with E-state index >= 15 is 8.78 Å². The predicted molar refractivity (Wildman–Crippen MR) is 198 cm³/mol. The van der Waals surface area contributed by atoms with Gasteiger partial charge in [0, 0.05) is 19.2 Å². The van der Waals surface area contributed by atoms with Crippen molar-refractivity contribution < 1.29 is 8.78 Å². The molecule has 4 aromatic carbocycles. The molecule has 10 heteroatoms. The smallest absolute Gasteiger partial charge is 0.143 e. The molecule has 0 spiro atoms. The molecular formula is C36H16F2N2S6. The van der Waals surface area contributed by atoms with Crippen molar-refractivity contribution in [1.29, 1.82) is 0 Å². The molecule has 0 amide bonds. The van der Waals surface area contributed by atoms with Gasteiger partial charge >= 0.3 is 0 Å². The first-order valence-corrected chi connectivity index (χ1v) is 19.1. The van der Waals surface area contributed by atoms with Crippen molar-refractivity contribution in [3.05, 3.63) is 109 Å². The Labute approximate surface area is 284 Å². The molecule has 0 saturated carbocycles. The van der Waals surface area contributed by atoms with E-state index in [1.807, 2.05) is 24.3 Å². The average molecular weight is 707 g/mol. The molecule has 0 N–H and O–H groups in total. The summed E-state index contributed by atoms with van der Waals surface area (Å²) in [5.74, 6) is -0.417. The molecule has 0 saturated heterocycles. The van der Waals surface area contributed by atoms with E-state index in [1.54, 1.807) is 57.5 Å². The van der Waals surface area contributed by atoms with Crippen LogP contribution in [0.3, 0.4) is 0 Å². The SMILES string of the molecule is Fc1cc(-c2nc3cc4cc5sc(-c6cc(F)c(-c7cc8ccccc8s7)s6)nc5cc4cc3s2)sc1-c1cc2ccccc2s1. The van der Waals surface area contributed by atoms with Gasteiger partial charge in [0.2, 0.25) is 0 Å². The number of hydrogen-bond acceptors (Lipinski definition) is 8. The molecule has 0 atom stereocenters. The van der Waals surface area contributed by atoms with Gasteiger partial charge in [-0.05, 0) is 82.2 Å². The molecule has 0 radical (unpaired) electrons. The van der Waals surface area contributed by atoms with Crippen LogP contribution < -0.4 is 0 Å². The Morgan fingerprint density at radius 1 is 0.391 bits per heavy atom. The zero-order chi connectivity index (χ0) is 30.5. The largest absolute Gasteiger partial charge is 0.235 e. The lowest BCUT2D eigenvalue weighted by Gasteiger charge is -1.97. The first-order valence-electron chi connectivity index (χ1n) is 14.2. The molecule has 0 aliphatic rings. The predicted octanol–water partition coefficient (Wildman–Crippen LogP) is 13.6. The van der Waals surface area contributed by atoms with Crippen LogP contribution in [0.1, 0.15) is 0 Å². The van der Waals surface area contributed by atoms with Gasteiger partial charge in [-0.25, -0.2) is 18.7 Å².